The Morgan fingerprint density at radius 2 is 1.48 bits per heavy atom. The Balaban J connectivity index is 3.48. The largest absolute Gasteiger partial charge is 0.397 e. The summed E-state index contributed by atoms with van der Waals surface area (Å²) in [6, 6.07) is 0. The highest BCUT2D eigenvalue weighted by molar-refractivity contribution is 7.80. The van der Waals surface area contributed by atoms with Gasteiger partial charge in [0, 0.05) is 6.42 Å². The molecule has 0 aliphatic rings. The zero-order chi connectivity index (χ0) is 16.1. The van der Waals surface area contributed by atoms with E-state index in [0.717, 1.165) is 19.3 Å². The molecule has 0 aliphatic carbocycles. The molecule has 21 heavy (non-hydrogen) atoms. The topological polar surface area (TPSA) is 101 Å². The lowest BCUT2D eigenvalue weighted by Gasteiger charge is -2.08. The first-order valence-corrected chi connectivity index (χ1v) is 9.06. The first kappa shape index (κ1) is 20.5. The highest BCUT2D eigenvalue weighted by atomic mass is 32.3. The maximum absolute atomic E-state index is 11.5. The van der Waals surface area contributed by atoms with Gasteiger partial charge in [0.15, 0.2) is 5.78 Å². The fourth-order valence-corrected chi connectivity index (χ4v) is 2.32. The van der Waals surface area contributed by atoms with Gasteiger partial charge in [0.2, 0.25) is 0 Å². The molecular formula is C14H28O6S. The van der Waals surface area contributed by atoms with Crippen molar-refractivity contribution in [3.05, 3.63) is 0 Å². The van der Waals surface area contributed by atoms with E-state index in [1.165, 1.54) is 32.1 Å². The third-order valence-electron chi connectivity index (χ3n) is 3.27. The molecule has 0 aliphatic heterocycles. The standard InChI is InChI=1S/C14H28O6S/c1-2-3-4-5-6-7-8-9-10-11-13(15)14(16)12-20-21(17,18)19/h14,16H,2-12H2,1H3,(H,17,18,19). The molecule has 0 aromatic rings. The smallest absolute Gasteiger partial charge is 0.383 e. The first-order chi connectivity index (χ1) is 9.87. The molecule has 0 aromatic heterocycles. The van der Waals surface area contributed by atoms with E-state index < -0.39 is 28.9 Å². The predicted molar refractivity (Wildman–Crippen MR) is 80.4 cm³/mol. The zero-order valence-corrected chi connectivity index (χ0v) is 13.6. The van der Waals surface area contributed by atoms with E-state index in [0.29, 0.717) is 6.42 Å². The number of aliphatic hydroxyl groups excluding tert-OH is 1. The molecule has 0 amide bonds. The SMILES string of the molecule is CCCCCCCCCCCC(=O)C(O)COS(=O)(=O)O. The molecule has 0 heterocycles. The van der Waals surface area contributed by atoms with Crippen LogP contribution in [0, 0.1) is 0 Å². The second kappa shape index (κ2) is 12.1. The maximum Gasteiger partial charge on any atom is 0.397 e. The molecule has 126 valence electrons. The van der Waals surface area contributed by atoms with E-state index in [-0.39, 0.29) is 6.42 Å². The summed E-state index contributed by atoms with van der Waals surface area (Å²) in [7, 11) is -4.61. The molecule has 0 saturated carbocycles. The summed E-state index contributed by atoms with van der Waals surface area (Å²) in [4.78, 5) is 11.5. The van der Waals surface area contributed by atoms with E-state index in [4.69, 9.17) is 4.55 Å². The fraction of sp³-hybridized carbons (Fsp3) is 0.929. The fourth-order valence-electron chi connectivity index (χ4n) is 2.02. The van der Waals surface area contributed by atoms with E-state index >= 15 is 0 Å². The normalized spacial score (nSPS) is 13.3. The Kier molecular flexibility index (Phi) is 11.8. The van der Waals surface area contributed by atoms with Crippen LogP contribution in [0.2, 0.25) is 0 Å². The van der Waals surface area contributed by atoms with E-state index in [9.17, 15) is 18.3 Å². The maximum atomic E-state index is 11.5. The molecular weight excluding hydrogens is 296 g/mol. The number of Topliss-reactive ketones (excluding diaryl/α,β-unsaturated/α-hetero) is 1. The molecule has 0 saturated heterocycles. The van der Waals surface area contributed by atoms with Crippen LogP contribution in [0.25, 0.3) is 0 Å². The third kappa shape index (κ3) is 14.2. The van der Waals surface area contributed by atoms with Gasteiger partial charge in [-0.25, -0.2) is 4.18 Å². The Morgan fingerprint density at radius 3 is 1.95 bits per heavy atom. The van der Waals surface area contributed by atoms with E-state index in [1.54, 1.807) is 0 Å². The van der Waals surface area contributed by atoms with Crippen LogP contribution >= 0.6 is 0 Å². The van der Waals surface area contributed by atoms with Crippen molar-refractivity contribution in [2.24, 2.45) is 0 Å². The molecule has 0 fully saturated rings. The summed E-state index contributed by atoms with van der Waals surface area (Å²) in [5.41, 5.74) is 0. The van der Waals surface area contributed by atoms with Gasteiger partial charge in [0.05, 0.1) is 0 Å². The van der Waals surface area contributed by atoms with Crippen LogP contribution in [-0.4, -0.2) is 36.6 Å². The van der Waals surface area contributed by atoms with Crippen LogP contribution < -0.4 is 0 Å². The number of hydrogen-bond acceptors (Lipinski definition) is 5. The van der Waals surface area contributed by atoms with Gasteiger partial charge in [-0.15, -0.1) is 0 Å². The van der Waals surface area contributed by atoms with Crippen molar-refractivity contribution in [3.8, 4) is 0 Å². The number of rotatable bonds is 14. The average molecular weight is 324 g/mol. The van der Waals surface area contributed by atoms with Crippen molar-refractivity contribution >= 4 is 16.2 Å². The van der Waals surface area contributed by atoms with E-state index in [2.05, 4.69) is 11.1 Å². The average Bonchev–Trinajstić information content (AvgIpc) is 2.41. The molecule has 1 unspecified atom stereocenters. The Bertz CT molecular complexity index is 366. The molecule has 0 radical (unpaired) electrons. The van der Waals surface area contributed by atoms with Crippen molar-refractivity contribution in [3.63, 3.8) is 0 Å². The van der Waals surface area contributed by atoms with Gasteiger partial charge in [-0.1, -0.05) is 58.3 Å². The van der Waals surface area contributed by atoms with Crippen LogP contribution in [0.3, 0.4) is 0 Å². The number of carbonyl (C=O) groups excluding carboxylic acids is 1. The Hall–Kier alpha value is -0.500. The van der Waals surface area contributed by atoms with Crippen LogP contribution in [0.4, 0.5) is 0 Å². The first-order valence-electron chi connectivity index (χ1n) is 7.69. The molecule has 7 heteroatoms. The van der Waals surface area contributed by atoms with Crippen molar-refractivity contribution in [2.45, 2.75) is 77.2 Å². The molecule has 0 aromatic carbocycles. The summed E-state index contributed by atoms with van der Waals surface area (Å²) in [5, 5.41) is 9.35. The molecule has 1 atom stereocenters. The van der Waals surface area contributed by atoms with Crippen LogP contribution in [0.5, 0.6) is 0 Å². The highest BCUT2D eigenvalue weighted by Gasteiger charge is 2.17. The van der Waals surface area contributed by atoms with Gasteiger partial charge in [0.1, 0.15) is 12.7 Å². The van der Waals surface area contributed by atoms with Crippen LogP contribution in [-0.2, 0) is 19.4 Å². The summed E-state index contributed by atoms with van der Waals surface area (Å²) in [6.45, 7) is 1.46. The van der Waals surface area contributed by atoms with Crippen molar-refractivity contribution in [1.29, 1.82) is 0 Å². The van der Waals surface area contributed by atoms with Gasteiger partial charge in [-0.3, -0.25) is 9.35 Å². The van der Waals surface area contributed by atoms with E-state index in [1.807, 2.05) is 0 Å². The number of unbranched alkanes of at least 4 members (excludes halogenated alkanes) is 8. The Labute approximate surface area is 127 Å². The van der Waals surface area contributed by atoms with Gasteiger partial charge >= 0.3 is 10.4 Å². The van der Waals surface area contributed by atoms with Crippen LogP contribution in [0.1, 0.15) is 71.1 Å². The lowest BCUT2D eigenvalue weighted by molar-refractivity contribution is -0.128. The minimum atomic E-state index is -4.61. The quantitative estimate of drug-likeness (QED) is 0.376. The van der Waals surface area contributed by atoms with Crippen LogP contribution in [0.15, 0.2) is 0 Å². The van der Waals surface area contributed by atoms with Crippen molar-refractivity contribution in [1.82, 2.24) is 0 Å². The lowest BCUT2D eigenvalue weighted by Crippen LogP contribution is -2.27. The molecule has 2 N–H and O–H groups in total. The monoisotopic (exact) mass is 324 g/mol. The van der Waals surface area contributed by atoms with Gasteiger partial charge < -0.3 is 5.11 Å². The number of carbonyl (C=O) groups is 1. The number of aliphatic hydroxyl groups is 1. The Morgan fingerprint density at radius 1 is 1.00 bits per heavy atom. The summed E-state index contributed by atoms with van der Waals surface area (Å²) in [5.74, 6) is -0.457. The van der Waals surface area contributed by atoms with Gasteiger partial charge in [0.25, 0.3) is 0 Å². The van der Waals surface area contributed by atoms with Gasteiger partial charge in [-0.2, -0.15) is 8.42 Å². The van der Waals surface area contributed by atoms with Gasteiger partial charge in [-0.05, 0) is 6.42 Å². The van der Waals surface area contributed by atoms with Crippen molar-refractivity contribution < 1.29 is 27.1 Å². The minimum absolute atomic E-state index is 0.200. The second-order valence-electron chi connectivity index (χ2n) is 5.27. The van der Waals surface area contributed by atoms with Crippen molar-refractivity contribution in [2.75, 3.05) is 6.61 Å². The highest BCUT2D eigenvalue weighted by Crippen LogP contribution is 2.11. The molecule has 0 bridgehead atoms. The second-order valence-corrected chi connectivity index (χ2v) is 6.36. The number of ketones is 1. The molecule has 6 nitrogen and oxygen atoms in total. The summed E-state index contributed by atoms with van der Waals surface area (Å²) < 4.78 is 32.9. The third-order valence-corrected chi connectivity index (χ3v) is 3.71. The summed E-state index contributed by atoms with van der Waals surface area (Å²) >= 11 is 0. The minimum Gasteiger partial charge on any atom is -0.383 e. The predicted octanol–water partition coefficient (Wildman–Crippen LogP) is 2.66. The number of hydrogen-bond donors (Lipinski definition) is 2. The zero-order valence-electron chi connectivity index (χ0n) is 12.8. The lowest BCUT2D eigenvalue weighted by atomic mass is 10.0. The molecule has 0 rings (SSSR count). The molecule has 0 spiro atoms. The summed E-state index contributed by atoms with van der Waals surface area (Å²) in [6.07, 6.45) is 8.83.